The molecule has 0 saturated heterocycles. The maximum absolute atomic E-state index is 14.0. The minimum absolute atomic E-state index is 0.0152. The first-order valence-electron chi connectivity index (χ1n) is 12.5. The Balaban J connectivity index is 1.95. The standard InChI is InChI=1S/C27H35N3O8/c1-11(2)9-29-10-13-7-6-12-8-26(3)17(20(32)14(12)19(13)31)24(36)27(38)16(23(26)35)18(30(4)5)21(33)15(22(27)34)25(28)37/h6-7,11,16,18,23,29,31-32,34-35,38H,8-10H2,1-5H3,(H2,28,37)/t16?,18-,23+,26+,27+/m0/s1. The van der Waals surface area contributed by atoms with Gasteiger partial charge in [-0.3, -0.25) is 19.3 Å². The van der Waals surface area contributed by atoms with E-state index in [1.807, 2.05) is 13.8 Å². The molecule has 1 aromatic carbocycles. The molecule has 206 valence electrons. The van der Waals surface area contributed by atoms with E-state index in [1.54, 1.807) is 12.1 Å². The summed E-state index contributed by atoms with van der Waals surface area (Å²) in [4.78, 5) is 40.7. The molecule has 0 aliphatic heterocycles. The van der Waals surface area contributed by atoms with E-state index in [4.69, 9.17) is 5.73 Å². The second-order valence-electron chi connectivity index (χ2n) is 11.4. The average molecular weight is 530 g/mol. The van der Waals surface area contributed by atoms with Crippen molar-refractivity contribution in [3.63, 3.8) is 0 Å². The first-order chi connectivity index (χ1) is 17.6. The van der Waals surface area contributed by atoms with Gasteiger partial charge in [-0.05, 0) is 38.5 Å². The van der Waals surface area contributed by atoms with Gasteiger partial charge in [0.15, 0.2) is 11.4 Å². The second kappa shape index (κ2) is 9.19. The number of Topliss-reactive ketones (excluding diaryl/α,β-unsaturated/α-hetero) is 2. The van der Waals surface area contributed by atoms with Gasteiger partial charge in [0.1, 0.15) is 22.8 Å². The van der Waals surface area contributed by atoms with E-state index in [0.717, 1.165) is 0 Å². The number of primary amides is 1. The number of nitrogens with zero attached hydrogens (tertiary/aromatic N) is 1. The summed E-state index contributed by atoms with van der Waals surface area (Å²) in [5.41, 5.74) is 0.448. The highest BCUT2D eigenvalue weighted by molar-refractivity contribution is 6.24. The summed E-state index contributed by atoms with van der Waals surface area (Å²) in [7, 11) is 2.94. The molecule has 4 rings (SSSR count). The van der Waals surface area contributed by atoms with Crippen LogP contribution in [-0.2, 0) is 27.3 Å². The molecule has 1 amide bonds. The first-order valence-corrected chi connectivity index (χ1v) is 12.5. The van der Waals surface area contributed by atoms with Gasteiger partial charge < -0.3 is 36.6 Å². The van der Waals surface area contributed by atoms with Crippen molar-refractivity contribution in [1.82, 2.24) is 10.2 Å². The summed E-state index contributed by atoms with van der Waals surface area (Å²) < 4.78 is 0. The van der Waals surface area contributed by atoms with Crippen molar-refractivity contribution in [2.45, 2.75) is 51.5 Å². The molecule has 1 fully saturated rings. The van der Waals surface area contributed by atoms with Crippen molar-refractivity contribution < 1.29 is 39.9 Å². The Kier molecular flexibility index (Phi) is 6.72. The number of aromatic hydroxyl groups is 1. The number of benzene rings is 1. The number of likely N-dealkylation sites (N-methyl/N-ethyl adjacent to an activating group) is 1. The Hall–Kier alpha value is -3.25. The third-order valence-corrected chi connectivity index (χ3v) is 8.12. The lowest BCUT2D eigenvalue weighted by molar-refractivity contribution is -0.176. The van der Waals surface area contributed by atoms with E-state index >= 15 is 0 Å². The van der Waals surface area contributed by atoms with E-state index < -0.39 is 69.2 Å². The van der Waals surface area contributed by atoms with Crippen LogP contribution in [0.4, 0.5) is 0 Å². The molecule has 0 radical (unpaired) electrons. The predicted octanol–water partition coefficient (Wildman–Crippen LogP) is 0.0705. The van der Waals surface area contributed by atoms with Gasteiger partial charge in [-0.2, -0.15) is 0 Å². The number of hydrogen-bond acceptors (Lipinski definition) is 10. The number of nitrogens with one attached hydrogen (secondary N) is 1. The number of carbonyl (C=O) groups excluding carboxylic acids is 3. The van der Waals surface area contributed by atoms with E-state index in [0.29, 0.717) is 23.6 Å². The van der Waals surface area contributed by atoms with Crippen LogP contribution in [0.2, 0.25) is 0 Å². The minimum Gasteiger partial charge on any atom is -0.508 e. The van der Waals surface area contributed by atoms with Crippen molar-refractivity contribution in [2.24, 2.45) is 23.0 Å². The Labute approximate surface area is 220 Å². The third kappa shape index (κ3) is 3.68. The lowest BCUT2D eigenvalue weighted by Crippen LogP contribution is -2.72. The number of nitrogens with two attached hydrogens (primary N) is 1. The van der Waals surface area contributed by atoms with Gasteiger partial charge in [0.2, 0.25) is 5.78 Å². The lowest BCUT2D eigenvalue weighted by atomic mass is 9.50. The van der Waals surface area contributed by atoms with Crippen molar-refractivity contribution in [3.05, 3.63) is 45.7 Å². The summed E-state index contributed by atoms with van der Waals surface area (Å²) >= 11 is 0. The summed E-state index contributed by atoms with van der Waals surface area (Å²) in [5.74, 6) is -6.86. The van der Waals surface area contributed by atoms with Gasteiger partial charge >= 0.3 is 0 Å². The highest BCUT2D eigenvalue weighted by Gasteiger charge is 2.70. The number of phenolic OH excluding ortho intramolecular Hbond substituents is 1. The molecule has 3 aliphatic rings. The summed E-state index contributed by atoms with van der Waals surface area (Å²) in [6, 6.07) is 1.99. The maximum atomic E-state index is 14.0. The van der Waals surface area contributed by atoms with Crippen LogP contribution in [0.15, 0.2) is 29.0 Å². The van der Waals surface area contributed by atoms with Gasteiger partial charge in [-0.1, -0.05) is 32.9 Å². The molecule has 1 saturated carbocycles. The van der Waals surface area contributed by atoms with Crippen LogP contribution in [0, 0.1) is 17.3 Å². The fourth-order valence-electron chi connectivity index (χ4n) is 6.27. The van der Waals surface area contributed by atoms with Crippen molar-refractivity contribution in [3.8, 4) is 5.75 Å². The molecular formula is C27H35N3O8. The van der Waals surface area contributed by atoms with E-state index in [2.05, 4.69) is 5.32 Å². The number of ketones is 2. The van der Waals surface area contributed by atoms with Gasteiger partial charge in [0, 0.05) is 17.5 Å². The summed E-state index contributed by atoms with van der Waals surface area (Å²) in [6.07, 6.45) is -1.66. The first kappa shape index (κ1) is 27.8. The molecule has 0 aromatic heterocycles. The van der Waals surface area contributed by atoms with Crippen molar-refractivity contribution in [2.75, 3.05) is 20.6 Å². The minimum atomic E-state index is -2.93. The number of fused-ring (bicyclic) bond motifs is 3. The zero-order valence-electron chi connectivity index (χ0n) is 22.1. The zero-order valence-corrected chi connectivity index (χ0v) is 22.1. The molecule has 1 aromatic rings. The maximum Gasteiger partial charge on any atom is 0.255 e. The number of aliphatic hydroxyl groups excluding tert-OH is 3. The molecule has 8 N–H and O–H groups in total. The molecular weight excluding hydrogens is 494 g/mol. The van der Waals surface area contributed by atoms with Gasteiger partial charge in [-0.15, -0.1) is 0 Å². The van der Waals surface area contributed by atoms with Crippen LogP contribution in [0.3, 0.4) is 0 Å². The molecule has 0 spiro atoms. The Morgan fingerprint density at radius 3 is 2.39 bits per heavy atom. The zero-order chi connectivity index (χ0) is 28.5. The van der Waals surface area contributed by atoms with Gasteiger partial charge in [-0.25, -0.2) is 0 Å². The molecule has 1 unspecified atom stereocenters. The van der Waals surface area contributed by atoms with Crippen LogP contribution in [0.5, 0.6) is 5.75 Å². The highest BCUT2D eigenvalue weighted by atomic mass is 16.4. The second-order valence-corrected chi connectivity index (χ2v) is 11.4. The topological polar surface area (TPSA) is 194 Å². The number of amides is 1. The molecule has 5 atom stereocenters. The average Bonchev–Trinajstić information content (AvgIpc) is 2.80. The normalized spacial score (nSPS) is 31.0. The monoisotopic (exact) mass is 529 g/mol. The lowest BCUT2D eigenvalue weighted by Gasteiger charge is -2.56. The van der Waals surface area contributed by atoms with Crippen molar-refractivity contribution >= 4 is 23.2 Å². The molecule has 11 heteroatoms. The van der Waals surface area contributed by atoms with Crippen LogP contribution in [0.25, 0.3) is 5.76 Å². The number of aliphatic hydroxyl groups is 4. The molecule has 0 bridgehead atoms. The Morgan fingerprint density at radius 1 is 1.21 bits per heavy atom. The van der Waals surface area contributed by atoms with Crippen molar-refractivity contribution in [1.29, 1.82) is 0 Å². The van der Waals surface area contributed by atoms with Gasteiger partial charge in [0.05, 0.1) is 29.2 Å². The predicted molar refractivity (Wildman–Crippen MR) is 137 cm³/mol. The number of rotatable bonds is 6. The van der Waals surface area contributed by atoms with Crippen LogP contribution in [0.1, 0.15) is 37.5 Å². The third-order valence-electron chi connectivity index (χ3n) is 8.12. The fourth-order valence-corrected chi connectivity index (χ4v) is 6.27. The largest absolute Gasteiger partial charge is 0.508 e. The summed E-state index contributed by atoms with van der Waals surface area (Å²) in [6.45, 7) is 6.54. The number of carbonyl (C=O) groups is 3. The summed E-state index contributed by atoms with van der Waals surface area (Å²) in [5, 5.41) is 60.1. The molecule has 38 heavy (non-hydrogen) atoms. The number of hydrogen-bond donors (Lipinski definition) is 7. The van der Waals surface area contributed by atoms with E-state index in [1.165, 1.54) is 25.9 Å². The molecule has 11 nitrogen and oxygen atoms in total. The van der Waals surface area contributed by atoms with Crippen LogP contribution >= 0.6 is 0 Å². The van der Waals surface area contributed by atoms with Gasteiger partial charge in [0.25, 0.3) is 5.91 Å². The Bertz CT molecular complexity index is 1300. The smallest absolute Gasteiger partial charge is 0.255 e. The Morgan fingerprint density at radius 2 is 1.84 bits per heavy atom. The van der Waals surface area contributed by atoms with E-state index in [-0.39, 0.29) is 24.3 Å². The fraction of sp³-hybridized carbons (Fsp3) is 0.519. The number of phenols is 1. The van der Waals surface area contributed by atoms with Crippen LogP contribution < -0.4 is 11.1 Å². The van der Waals surface area contributed by atoms with Crippen LogP contribution in [-0.4, -0.2) is 86.3 Å². The highest BCUT2D eigenvalue weighted by Crippen LogP contribution is 2.58. The van der Waals surface area contributed by atoms with E-state index in [9.17, 15) is 39.9 Å². The molecule has 3 aliphatic carbocycles. The molecule has 0 heterocycles. The quantitative estimate of drug-likeness (QED) is 0.248. The SMILES string of the molecule is CC(C)CNCc1ccc2c(c1O)C(O)=C1C(=O)[C@]3(O)C(O)=C(C(N)=O)C(=O)[C@@H](N(C)C)C3[C@@H](O)[C@]1(C)C2.